The van der Waals surface area contributed by atoms with Gasteiger partial charge in [0.2, 0.25) is 0 Å². The SMILES string of the molecule is CSCc1nc2ccc(N)cc2s1. The number of rotatable bonds is 2. The van der Waals surface area contributed by atoms with Crippen molar-refractivity contribution in [2.75, 3.05) is 12.0 Å². The number of benzene rings is 1. The molecule has 1 aromatic carbocycles. The van der Waals surface area contributed by atoms with E-state index in [9.17, 15) is 0 Å². The molecule has 0 aliphatic rings. The first-order valence-electron chi connectivity index (χ1n) is 3.93. The van der Waals surface area contributed by atoms with Crippen molar-refractivity contribution < 1.29 is 0 Å². The maximum atomic E-state index is 5.68. The lowest BCUT2D eigenvalue weighted by Gasteiger charge is -1.89. The average Bonchev–Trinajstić information content (AvgIpc) is 2.46. The first kappa shape index (κ1) is 8.84. The van der Waals surface area contributed by atoms with E-state index in [1.807, 2.05) is 18.2 Å². The maximum Gasteiger partial charge on any atom is 0.104 e. The lowest BCUT2D eigenvalue weighted by atomic mass is 10.3. The zero-order chi connectivity index (χ0) is 9.26. The molecule has 0 aliphatic carbocycles. The van der Waals surface area contributed by atoms with E-state index in [1.54, 1.807) is 23.1 Å². The molecule has 2 aromatic rings. The van der Waals surface area contributed by atoms with Crippen LogP contribution < -0.4 is 5.73 Å². The Bertz CT molecular complexity index is 422. The predicted octanol–water partition coefficient (Wildman–Crippen LogP) is 2.74. The molecule has 1 heterocycles. The van der Waals surface area contributed by atoms with Crippen LogP contribution in [0.4, 0.5) is 5.69 Å². The van der Waals surface area contributed by atoms with Crippen LogP contribution in [0.1, 0.15) is 5.01 Å². The zero-order valence-corrected chi connectivity index (χ0v) is 8.91. The second-order valence-corrected chi connectivity index (χ2v) is 4.75. The Balaban J connectivity index is 2.49. The maximum absolute atomic E-state index is 5.68. The third-order valence-corrected chi connectivity index (χ3v) is 3.49. The number of anilines is 1. The molecule has 0 fully saturated rings. The van der Waals surface area contributed by atoms with Crippen LogP contribution in [0.25, 0.3) is 10.2 Å². The highest BCUT2D eigenvalue weighted by atomic mass is 32.2. The molecule has 0 radical (unpaired) electrons. The minimum atomic E-state index is 0.812. The summed E-state index contributed by atoms with van der Waals surface area (Å²) in [5.74, 6) is 0.985. The summed E-state index contributed by atoms with van der Waals surface area (Å²) in [5.41, 5.74) is 7.55. The number of nitrogen functional groups attached to an aromatic ring is 1. The largest absolute Gasteiger partial charge is 0.399 e. The number of aromatic nitrogens is 1. The Kier molecular flexibility index (Phi) is 2.42. The fourth-order valence-electron chi connectivity index (χ4n) is 1.17. The van der Waals surface area contributed by atoms with Crippen LogP contribution in [0, 0.1) is 0 Å². The quantitative estimate of drug-likeness (QED) is 0.775. The Labute approximate surface area is 85.2 Å². The van der Waals surface area contributed by atoms with Crippen molar-refractivity contribution in [2.24, 2.45) is 0 Å². The molecule has 0 spiro atoms. The van der Waals surface area contributed by atoms with Crippen molar-refractivity contribution in [1.82, 2.24) is 4.98 Å². The molecule has 13 heavy (non-hydrogen) atoms. The summed E-state index contributed by atoms with van der Waals surface area (Å²) in [5, 5.41) is 1.17. The Morgan fingerprint density at radius 1 is 1.54 bits per heavy atom. The van der Waals surface area contributed by atoms with E-state index in [1.165, 1.54) is 9.71 Å². The number of thiazole rings is 1. The molecule has 2 rings (SSSR count). The first-order valence-corrected chi connectivity index (χ1v) is 6.14. The highest BCUT2D eigenvalue weighted by Crippen LogP contribution is 2.25. The molecule has 0 saturated heterocycles. The summed E-state index contributed by atoms with van der Waals surface area (Å²) in [6, 6.07) is 5.85. The van der Waals surface area contributed by atoms with Crippen LogP contribution in [0.3, 0.4) is 0 Å². The summed E-state index contributed by atoms with van der Waals surface area (Å²) in [6.45, 7) is 0. The second-order valence-electron chi connectivity index (χ2n) is 2.77. The number of thioether (sulfide) groups is 1. The lowest BCUT2D eigenvalue weighted by molar-refractivity contribution is 1.31. The number of nitrogens with two attached hydrogens (primary N) is 1. The third kappa shape index (κ3) is 1.78. The number of hydrogen-bond donors (Lipinski definition) is 1. The molecule has 0 saturated carbocycles. The van der Waals surface area contributed by atoms with Crippen molar-refractivity contribution >= 4 is 39.0 Å². The van der Waals surface area contributed by atoms with Gasteiger partial charge >= 0.3 is 0 Å². The topological polar surface area (TPSA) is 38.9 Å². The predicted molar refractivity (Wildman–Crippen MR) is 61.3 cm³/mol. The molecule has 0 bridgehead atoms. The monoisotopic (exact) mass is 210 g/mol. The van der Waals surface area contributed by atoms with Gasteiger partial charge in [-0.3, -0.25) is 0 Å². The molecule has 68 valence electrons. The molecule has 0 unspecified atom stereocenters. The van der Waals surface area contributed by atoms with E-state index in [-0.39, 0.29) is 0 Å². The van der Waals surface area contributed by atoms with Crippen molar-refractivity contribution in [3.63, 3.8) is 0 Å². The summed E-state index contributed by atoms with van der Waals surface area (Å²) in [4.78, 5) is 4.49. The molecular formula is C9H10N2S2. The number of fused-ring (bicyclic) bond motifs is 1. The first-order chi connectivity index (χ1) is 6.29. The van der Waals surface area contributed by atoms with Crippen LogP contribution in [-0.4, -0.2) is 11.2 Å². The van der Waals surface area contributed by atoms with Gasteiger partial charge in [-0.2, -0.15) is 11.8 Å². The molecule has 0 amide bonds. The number of nitrogens with zero attached hydrogens (tertiary/aromatic N) is 1. The summed E-state index contributed by atoms with van der Waals surface area (Å²) in [6.07, 6.45) is 2.08. The molecule has 2 N–H and O–H groups in total. The second kappa shape index (κ2) is 3.55. The molecule has 4 heteroatoms. The van der Waals surface area contributed by atoms with E-state index >= 15 is 0 Å². The Morgan fingerprint density at radius 3 is 3.15 bits per heavy atom. The van der Waals surface area contributed by atoms with Crippen LogP contribution in [0.5, 0.6) is 0 Å². The van der Waals surface area contributed by atoms with E-state index in [2.05, 4.69) is 11.2 Å². The fraction of sp³-hybridized carbons (Fsp3) is 0.222. The lowest BCUT2D eigenvalue weighted by Crippen LogP contribution is -1.81. The van der Waals surface area contributed by atoms with E-state index in [0.717, 1.165) is 17.0 Å². The third-order valence-electron chi connectivity index (χ3n) is 1.72. The highest BCUT2D eigenvalue weighted by Gasteiger charge is 2.02. The van der Waals surface area contributed by atoms with Gasteiger partial charge in [-0.1, -0.05) is 0 Å². The summed E-state index contributed by atoms with van der Waals surface area (Å²) >= 11 is 3.51. The number of hydrogen-bond acceptors (Lipinski definition) is 4. The summed E-state index contributed by atoms with van der Waals surface area (Å²) < 4.78 is 1.18. The molecule has 0 atom stereocenters. The minimum Gasteiger partial charge on any atom is -0.399 e. The van der Waals surface area contributed by atoms with Gasteiger partial charge < -0.3 is 5.73 Å². The van der Waals surface area contributed by atoms with Crippen LogP contribution >= 0.6 is 23.1 Å². The van der Waals surface area contributed by atoms with Gasteiger partial charge in [0.05, 0.1) is 10.2 Å². The molecule has 0 aliphatic heterocycles. The van der Waals surface area contributed by atoms with Crippen LogP contribution in [0.2, 0.25) is 0 Å². The van der Waals surface area contributed by atoms with E-state index in [0.29, 0.717) is 0 Å². The van der Waals surface area contributed by atoms with E-state index < -0.39 is 0 Å². The van der Waals surface area contributed by atoms with Gasteiger partial charge in [0.25, 0.3) is 0 Å². The molecule has 1 aromatic heterocycles. The average molecular weight is 210 g/mol. The molecular weight excluding hydrogens is 200 g/mol. The van der Waals surface area contributed by atoms with Gasteiger partial charge in [-0.15, -0.1) is 11.3 Å². The summed E-state index contributed by atoms with van der Waals surface area (Å²) in [7, 11) is 0. The Hall–Kier alpha value is -0.740. The van der Waals surface area contributed by atoms with Gasteiger partial charge in [0.15, 0.2) is 0 Å². The zero-order valence-electron chi connectivity index (χ0n) is 7.28. The fourth-order valence-corrected chi connectivity index (χ4v) is 2.89. The minimum absolute atomic E-state index is 0.812. The van der Waals surface area contributed by atoms with Gasteiger partial charge in [-0.05, 0) is 24.5 Å². The van der Waals surface area contributed by atoms with Crippen molar-refractivity contribution in [1.29, 1.82) is 0 Å². The standard InChI is InChI=1S/C9H10N2S2/c1-12-5-9-11-7-3-2-6(10)4-8(7)13-9/h2-4H,5,10H2,1H3. The van der Waals surface area contributed by atoms with Gasteiger partial charge in [0.1, 0.15) is 5.01 Å². The molecule has 2 nitrogen and oxygen atoms in total. The van der Waals surface area contributed by atoms with Gasteiger partial charge in [0, 0.05) is 11.4 Å². The van der Waals surface area contributed by atoms with Crippen LogP contribution in [0.15, 0.2) is 18.2 Å². The van der Waals surface area contributed by atoms with Crippen molar-refractivity contribution in [3.05, 3.63) is 23.2 Å². The van der Waals surface area contributed by atoms with Crippen LogP contribution in [-0.2, 0) is 5.75 Å². The normalized spacial score (nSPS) is 10.8. The Morgan fingerprint density at radius 2 is 2.38 bits per heavy atom. The highest BCUT2D eigenvalue weighted by molar-refractivity contribution is 7.97. The van der Waals surface area contributed by atoms with E-state index in [4.69, 9.17) is 5.73 Å². The smallest absolute Gasteiger partial charge is 0.104 e. The van der Waals surface area contributed by atoms with Crippen molar-refractivity contribution in [3.8, 4) is 0 Å². The van der Waals surface area contributed by atoms with Gasteiger partial charge in [-0.25, -0.2) is 4.98 Å². The van der Waals surface area contributed by atoms with Crippen molar-refractivity contribution in [2.45, 2.75) is 5.75 Å².